The van der Waals surface area contributed by atoms with Crippen LogP contribution in [0.25, 0.3) is 0 Å². The Balaban J connectivity index is 1.48. The van der Waals surface area contributed by atoms with Gasteiger partial charge in [-0.1, -0.05) is 41.9 Å². The van der Waals surface area contributed by atoms with E-state index in [-0.39, 0.29) is 12.6 Å². The molecule has 0 saturated heterocycles. The number of esters is 1. The number of carbonyl (C=O) groups is 1. The molecule has 4 rings (SSSR count). The first kappa shape index (κ1) is 16.3. The van der Waals surface area contributed by atoms with E-state index in [0.29, 0.717) is 29.7 Å². The maximum atomic E-state index is 12.6. The number of halogens is 1. The van der Waals surface area contributed by atoms with Gasteiger partial charge in [0.05, 0.1) is 23.7 Å². The fourth-order valence-electron chi connectivity index (χ4n) is 3.15. The third-order valence-corrected chi connectivity index (χ3v) is 4.98. The SMILES string of the molecule is O=C(OCc1cc(Cl)c2c(c1)OCCCO2)C1(c2ccccc2)CC1. The summed E-state index contributed by atoms with van der Waals surface area (Å²) in [5.74, 6) is 0.999. The summed E-state index contributed by atoms with van der Waals surface area (Å²) >= 11 is 6.29. The van der Waals surface area contributed by atoms with E-state index >= 15 is 0 Å². The van der Waals surface area contributed by atoms with Crippen LogP contribution in [0.3, 0.4) is 0 Å². The number of hydrogen-bond acceptors (Lipinski definition) is 4. The Kier molecular flexibility index (Phi) is 4.30. The predicted octanol–water partition coefficient (Wildman–Crippen LogP) is 4.28. The number of rotatable bonds is 4. The highest BCUT2D eigenvalue weighted by molar-refractivity contribution is 6.32. The zero-order valence-corrected chi connectivity index (χ0v) is 14.6. The van der Waals surface area contributed by atoms with E-state index in [0.717, 1.165) is 30.4 Å². The molecule has 1 aliphatic carbocycles. The third-order valence-electron chi connectivity index (χ3n) is 4.70. The molecular formula is C20H19ClO4. The van der Waals surface area contributed by atoms with Crippen LogP contribution in [0.15, 0.2) is 42.5 Å². The van der Waals surface area contributed by atoms with Crippen molar-refractivity contribution < 1.29 is 19.0 Å². The van der Waals surface area contributed by atoms with Crippen LogP contribution in [0.2, 0.25) is 5.02 Å². The van der Waals surface area contributed by atoms with Gasteiger partial charge in [0.2, 0.25) is 0 Å². The largest absolute Gasteiger partial charge is 0.489 e. The van der Waals surface area contributed by atoms with Gasteiger partial charge in [0.1, 0.15) is 6.61 Å². The van der Waals surface area contributed by atoms with Gasteiger partial charge in [-0.15, -0.1) is 0 Å². The minimum Gasteiger partial charge on any atom is -0.489 e. The molecule has 1 saturated carbocycles. The van der Waals surface area contributed by atoms with Gasteiger partial charge >= 0.3 is 5.97 Å². The normalized spacial score (nSPS) is 17.5. The lowest BCUT2D eigenvalue weighted by Crippen LogP contribution is -2.23. The van der Waals surface area contributed by atoms with Crippen LogP contribution in [0, 0.1) is 0 Å². The Bertz CT molecular complexity index is 784. The highest BCUT2D eigenvalue weighted by Crippen LogP contribution is 2.49. The monoisotopic (exact) mass is 358 g/mol. The van der Waals surface area contributed by atoms with E-state index < -0.39 is 5.41 Å². The fourth-order valence-corrected chi connectivity index (χ4v) is 3.44. The number of benzene rings is 2. The van der Waals surface area contributed by atoms with Crippen molar-refractivity contribution in [3.63, 3.8) is 0 Å². The van der Waals surface area contributed by atoms with Crippen LogP contribution >= 0.6 is 11.6 Å². The predicted molar refractivity (Wildman–Crippen MR) is 94.2 cm³/mol. The van der Waals surface area contributed by atoms with Gasteiger partial charge in [0.25, 0.3) is 0 Å². The molecule has 1 aliphatic heterocycles. The first-order chi connectivity index (χ1) is 12.2. The second kappa shape index (κ2) is 6.60. The molecule has 0 spiro atoms. The Morgan fingerprint density at radius 2 is 1.88 bits per heavy atom. The number of hydrogen-bond donors (Lipinski definition) is 0. The van der Waals surface area contributed by atoms with E-state index in [2.05, 4.69) is 0 Å². The fraction of sp³-hybridized carbons (Fsp3) is 0.350. The first-order valence-corrected chi connectivity index (χ1v) is 8.88. The van der Waals surface area contributed by atoms with E-state index in [1.807, 2.05) is 36.4 Å². The van der Waals surface area contributed by atoms with E-state index in [9.17, 15) is 4.79 Å². The molecule has 1 fully saturated rings. The molecule has 0 unspecified atom stereocenters. The molecule has 0 atom stereocenters. The molecule has 0 bridgehead atoms. The van der Waals surface area contributed by atoms with Gasteiger partial charge in [-0.2, -0.15) is 0 Å². The standard InChI is InChI=1S/C20H19ClO4/c21-16-11-14(12-17-18(16)24-10-4-9-23-17)13-25-19(22)20(7-8-20)15-5-2-1-3-6-15/h1-3,5-6,11-12H,4,7-10,13H2. The zero-order valence-electron chi connectivity index (χ0n) is 13.8. The van der Waals surface area contributed by atoms with E-state index in [1.54, 1.807) is 6.07 Å². The average molecular weight is 359 g/mol. The maximum Gasteiger partial charge on any atom is 0.316 e. The van der Waals surface area contributed by atoms with Crippen molar-refractivity contribution in [1.29, 1.82) is 0 Å². The minimum absolute atomic E-state index is 0.170. The molecule has 130 valence electrons. The Hall–Kier alpha value is -2.20. The van der Waals surface area contributed by atoms with Gasteiger partial charge < -0.3 is 14.2 Å². The van der Waals surface area contributed by atoms with E-state index in [4.69, 9.17) is 25.8 Å². The van der Waals surface area contributed by atoms with Crippen LogP contribution < -0.4 is 9.47 Å². The lowest BCUT2D eigenvalue weighted by molar-refractivity contribution is -0.148. The molecular weight excluding hydrogens is 340 g/mol. The Morgan fingerprint density at radius 3 is 2.64 bits per heavy atom. The molecule has 2 aromatic carbocycles. The molecule has 5 heteroatoms. The molecule has 25 heavy (non-hydrogen) atoms. The molecule has 2 aromatic rings. The minimum atomic E-state index is -0.476. The quantitative estimate of drug-likeness (QED) is 0.765. The summed E-state index contributed by atoms with van der Waals surface area (Å²) in [6.45, 7) is 1.34. The summed E-state index contributed by atoms with van der Waals surface area (Å²) in [4.78, 5) is 12.6. The number of fused-ring (bicyclic) bond motifs is 1. The van der Waals surface area contributed by atoms with Crippen LogP contribution in [0.1, 0.15) is 30.4 Å². The van der Waals surface area contributed by atoms with Crippen molar-refractivity contribution in [2.75, 3.05) is 13.2 Å². The lowest BCUT2D eigenvalue weighted by Gasteiger charge is -2.16. The molecule has 2 aliphatic rings. The second-order valence-electron chi connectivity index (χ2n) is 6.48. The molecule has 0 radical (unpaired) electrons. The van der Waals surface area contributed by atoms with Gasteiger partial charge in [-0.05, 0) is 36.1 Å². The highest BCUT2D eigenvalue weighted by atomic mass is 35.5. The van der Waals surface area contributed by atoms with Crippen molar-refractivity contribution in [2.45, 2.75) is 31.3 Å². The van der Waals surface area contributed by atoms with Crippen LogP contribution in [-0.4, -0.2) is 19.2 Å². The van der Waals surface area contributed by atoms with Crippen molar-refractivity contribution in [1.82, 2.24) is 0 Å². The lowest BCUT2D eigenvalue weighted by atomic mass is 9.96. The zero-order chi connectivity index (χ0) is 17.3. The summed E-state index contributed by atoms with van der Waals surface area (Å²) in [5, 5.41) is 0.481. The first-order valence-electron chi connectivity index (χ1n) is 8.50. The topological polar surface area (TPSA) is 44.8 Å². The molecule has 0 amide bonds. The molecule has 4 nitrogen and oxygen atoms in total. The number of carbonyl (C=O) groups excluding carboxylic acids is 1. The summed E-state index contributed by atoms with van der Waals surface area (Å²) in [7, 11) is 0. The number of ether oxygens (including phenoxy) is 3. The average Bonchev–Trinajstić information content (AvgIpc) is 3.45. The molecule has 1 heterocycles. The van der Waals surface area contributed by atoms with Gasteiger partial charge in [-0.3, -0.25) is 4.79 Å². The van der Waals surface area contributed by atoms with E-state index in [1.165, 1.54) is 0 Å². The Morgan fingerprint density at radius 1 is 1.12 bits per heavy atom. The van der Waals surface area contributed by atoms with Gasteiger partial charge in [-0.25, -0.2) is 0 Å². The second-order valence-corrected chi connectivity index (χ2v) is 6.89. The molecule has 0 N–H and O–H groups in total. The maximum absolute atomic E-state index is 12.6. The molecule has 0 aromatic heterocycles. The van der Waals surface area contributed by atoms with Gasteiger partial charge in [0, 0.05) is 6.42 Å². The van der Waals surface area contributed by atoms with Crippen LogP contribution in [-0.2, 0) is 21.6 Å². The summed E-state index contributed by atoms with van der Waals surface area (Å²) < 4.78 is 16.9. The smallest absolute Gasteiger partial charge is 0.316 e. The van der Waals surface area contributed by atoms with Gasteiger partial charge in [0.15, 0.2) is 11.5 Å². The third kappa shape index (κ3) is 3.19. The van der Waals surface area contributed by atoms with Crippen molar-refractivity contribution in [3.05, 3.63) is 58.6 Å². The summed E-state index contributed by atoms with van der Waals surface area (Å²) in [5.41, 5.74) is 1.35. The van der Waals surface area contributed by atoms with Crippen LogP contribution in [0.4, 0.5) is 0 Å². The summed E-state index contributed by atoms with van der Waals surface area (Å²) in [6.07, 6.45) is 2.48. The van der Waals surface area contributed by atoms with Crippen LogP contribution in [0.5, 0.6) is 11.5 Å². The highest BCUT2D eigenvalue weighted by Gasteiger charge is 2.52. The van der Waals surface area contributed by atoms with Crippen molar-refractivity contribution in [2.24, 2.45) is 0 Å². The van der Waals surface area contributed by atoms with Crippen molar-refractivity contribution >= 4 is 17.6 Å². The van der Waals surface area contributed by atoms with Crippen molar-refractivity contribution in [3.8, 4) is 11.5 Å². The Labute approximate surface area is 151 Å². The summed E-state index contributed by atoms with van der Waals surface area (Å²) in [6, 6.07) is 13.4.